The first kappa shape index (κ1) is 7.97. The minimum absolute atomic E-state index is 1.26. The van der Waals surface area contributed by atoms with Gasteiger partial charge in [0.05, 0.1) is 0 Å². The summed E-state index contributed by atoms with van der Waals surface area (Å²) in [7, 11) is 0. The molecule has 0 heterocycles. The van der Waals surface area contributed by atoms with Gasteiger partial charge in [-0.05, 0) is 0 Å². The Labute approximate surface area is 60.5 Å². The van der Waals surface area contributed by atoms with E-state index in [0.29, 0.717) is 0 Å². The van der Waals surface area contributed by atoms with E-state index in [0.717, 1.165) is 0 Å². The van der Waals surface area contributed by atoms with Crippen LogP contribution < -0.4 is 0 Å². The predicted molar refractivity (Wildman–Crippen MR) is 34.6 cm³/mol. The summed E-state index contributed by atoms with van der Waals surface area (Å²) in [6.45, 7) is 7.87. The van der Waals surface area contributed by atoms with Crippen LogP contribution in [0.2, 0.25) is 0 Å². The van der Waals surface area contributed by atoms with Gasteiger partial charge in [-0.25, -0.2) is 0 Å². The van der Waals surface area contributed by atoms with E-state index in [1.54, 1.807) is 0 Å². The van der Waals surface area contributed by atoms with Crippen molar-refractivity contribution < 1.29 is 17.9 Å². The van der Waals surface area contributed by atoms with Crippen molar-refractivity contribution in [1.29, 1.82) is 0 Å². The molecule has 0 aliphatic heterocycles. The van der Waals surface area contributed by atoms with Crippen LogP contribution in [0, 0.1) is 0 Å². The number of hydrogen-bond acceptors (Lipinski definition) is 0. The molecule has 0 amide bonds. The molecule has 0 aromatic heterocycles. The zero-order valence-corrected chi connectivity index (χ0v) is 8.54. The maximum atomic E-state index is 3.61. The Morgan fingerprint density at radius 1 is 1.50 bits per heavy atom. The Kier molecular flexibility index (Phi) is 3.90. The van der Waals surface area contributed by atoms with Crippen molar-refractivity contribution in [2.24, 2.45) is 0 Å². The first-order chi connectivity index (χ1) is 3.68. The fourth-order valence-corrected chi connectivity index (χ4v) is 0.566. The van der Waals surface area contributed by atoms with Crippen LogP contribution in [0.15, 0.2) is 24.3 Å². The molecule has 0 fully saturated rings. The summed E-state index contributed by atoms with van der Waals surface area (Å²) >= 11 is 1.26. The molecule has 0 bridgehead atoms. The summed E-state index contributed by atoms with van der Waals surface area (Å²) < 4.78 is 1.48. The Balaban J connectivity index is 3.99. The first-order valence-electron chi connectivity index (χ1n) is 2.63. The van der Waals surface area contributed by atoms with Crippen LogP contribution in [-0.4, -0.2) is 4.11 Å². The van der Waals surface area contributed by atoms with E-state index in [1.165, 1.54) is 27.5 Å². The SMILES string of the molecule is C=C/C=C(/C)[C](C)=[Zn]. The van der Waals surface area contributed by atoms with E-state index in [-0.39, 0.29) is 0 Å². The van der Waals surface area contributed by atoms with Crippen LogP contribution in [0.25, 0.3) is 0 Å². The fraction of sp³-hybridized carbons (Fsp3) is 0.286. The molecular formula is C7H10Zn. The van der Waals surface area contributed by atoms with Crippen molar-refractivity contribution in [2.75, 3.05) is 0 Å². The number of allylic oxidation sites excluding steroid dienone is 3. The molecule has 0 aromatic carbocycles. The Hall–Kier alpha value is -0.0266. The zero-order valence-electron chi connectivity index (χ0n) is 5.57. The third-order valence-corrected chi connectivity index (χ3v) is 2.21. The molecule has 0 atom stereocenters. The van der Waals surface area contributed by atoms with Crippen molar-refractivity contribution in [3.05, 3.63) is 24.3 Å². The molecule has 0 rings (SSSR count). The van der Waals surface area contributed by atoms with E-state index in [1.807, 2.05) is 12.2 Å². The molecule has 0 N–H and O–H groups in total. The molecule has 0 nitrogen and oxygen atoms in total. The molecule has 0 saturated heterocycles. The molecule has 0 spiro atoms. The van der Waals surface area contributed by atoms with E-state index in [9.17, 15) is 0 Å². The van der Waals surface area contributed by atoms with Crippen molar-refractivity contribution in [1.82, 2.24) is 0 Å². The summed E-state index contributed by atoms with van der Waals surface area (Å²) in [4.78, 5) is 0. The van der Waals surface area contributed by atoms with E-state index < -0.39 is 0 Å². The first-order valence-corrected chi connectivity index (χ1v) is 4.12. The van der Waals surface area contributed by atoms with E-state index >= 15 is 0 Å². The van der Waals surface area contributed by atoms with Gasteiger partial charge in [0.15, 0.2) is 0 Å². The Morgan fingerprint density at radius 3 is 2.12 bits per heavy atom. The second-order valence-corrected chi connectivity index (χ2v) is 4.09. The predicted octanol–water partition coefficient (Wildman–Crippen LogP) is 1.86. The van der Waals surface area contributed by atoms with Crippen molar-refractivity contribution in [3.63, 3.8) is 0 Å². The summed E-state index contributed by atoms with van der Waals surface area (Å²) in [5, 5.41) is 0. The minimum atomic E-state index is 1.26. The molecule has 40 valence electrons. The van der Waals surface area contributed by atoms with Crippen LogP contribution in [0.1, 0.15) is 13.8 Å². The van der Waals surface area contributed by atoms with E-state index in [2.05, 4.69) is 20.4 Å². The maximum absolute atomic E-state index is 3.61. The Bertz CT molecular complexity index is 131. The van der Waals surface area contributed by atoms with Gasteiger partial charge < -0.3 is 0 Å². The average molecular weight is 160 g/mol. The van der Waals surface area contributed by atoms with Gasteiger partial charge in [-0.1, -0.05) is 0 Å². The molecule has 0 aromatic rings. The summed E-state index contributed by atoms with van der Waals surface area (Å²) in [6.07, 6.45) is 3.87. The number of rotatable bonds is 2. The van der Waals surface area contributed by atoms with Gasteiger partial charge in [0, 0.05) is 0 Å². The van der Waals surface area contributed by atoms with Gasteiger partial charge in [0.25, 0.3) is 0 Å². The molecule has 0 aliphatic carbocycles. The summed E-state index contributed by atoms with van der Waals surface area (Å²) in [5.74, 6) is 0. The zero-order chi connectivity index (χ0) is 6.57. The van der Waals surface area contributed by atoms with Gasteiger partial charge in [-0.2, -0.15) is 0 Å². The normalized spacial score (nSPS) is 11.2. The van der Waals surface area contributed by atoms with Crippen LogP contribution in [0.4, 0.5) is 0 Å². The second kappa shape index (κ2) is 3.91. The molecule has 0 unspecified atom stereocenters. The van der Waals surface area contributed by atoms with Crippen LogP contribution in [-0.2, 0) is 17.9 Å². The van der Waals surface area contributed by atoms with Crippen molar-refractivity contribution in [2.45, 2.75) is 13.8 Å². The van der Waals surface area contributed by atoms with Crippen LogP contribution in [0.3, 0.4) is 0 Å². The molecule has 0 aliphatic rings. The molecular weight excluding hydrogens is 149 g/mol. The second-order valence-electron chi connectivity index (χ2n) is 1.87. The molecule has 0 radical (unpaired) electrons. The monoisotopic (exact) mass is 158 g/mol. The van der Waals surface area contributed by atoms with Crippen LogP contribution in [0.5, 0.6) is 0 Å². The standard InChI is InChI=1S/C7H10.Zn/c1-4-6-7(3)5-2;/h4,6H,1H2,2-3H3;/b7-6-;. The molecule has 8 heavy (non-hydrogen) atoms. The fourth-order valence-electron chi connectivity index (χ4n) is 0.319. The average Bonchev–Trinajstić information content (AvgIpc) is 1.67. The van der Waals surface area contributed by atoms with Crippen molar-refractivity contribution >= 4 is 4.11 Å². The van der Waals surface area contributed by atoms with E-state index in [4.69, 9.17) is 0 Å². The van der Waals surface area contributed by atoms with Gasteiger partial charge in [0.2, 0.25) is 0 Å². The molecule has 1 heteroatoms. The van der Waals surface area contributed by atoms with Gasteiger partial charge in [-0.15, -0.1) is 0 Å². The van der Waals surface area contributed by atoms with Gasteiger partial charge >= 0.3 is 60.1 Å². The quantitative estimate of drug-likeness (QED) is 0.426. The topological polar surface area (TPSA) is 0 Å². The van der Waals surface area contributed by atoms with Crippen molar-refractivity contribution in [3.8, 4) is 0 Å². The summed E-state index contributed by atoms with van der Waals surface area (Å²) in [6, 6.07) is 0. The molecule has 0 saturated carbocycles. The number of hydrogen-bond donors (Lipinski definition) is 0. The summed E-state index contributed by atoms with van der Waals surface area (Å²) in [5.41, 5.74) is 1.36. The van der Waals surface area contributed by atoms with Gasteiger partial charge in [0.1, 0.15) is 0 Å². The van der Waals surface area contributed by atoms with Crippen LogP contribution >= 0.6 is 0 Å². The third kappa shape index (κ3) is 3.04. The third-order valence-electron chi connectivity index (χ3n) is 1.04. The van der Waals surface area contributed by atoms with Gasteiger partial charge in [-0.3, -0.25) is 0 Å². The Morgan fingerprint density at radius 2 is 2.00 bits per heavy atom.